The maximum absolute atomic E-state index is 12.3. The van der Waals surface area contributed by atoms with Crippen molar-refractivity contribution in [2.24, 2.45) is 0 Å². The number of benzene rings is 1. The molecule has 7 heteroatoms. The minimum atomic E-state index is -2.31. The Morgan fingerprint density at radius 3 is 2.65 bits per heavy atom. The summed E-state index contributed by atoms with van der Waals surface area (Å²) >= 11 is 3.37. The van der Waals surface area contributed by atoms with Crippen LogP contribution >= 0.6 is 15.9 Å². The number of amides is 1. The molecule has 0 aliphatic carbocycles. The molecule has 0 spiro atoms. The predicted molar refractivity (Wildman–Crippen MR) is 87.9 cm³/mol. The van der Waals surface area contributed by atoms with Crippen LogP contribution in [0.5, 0.6) is 5.75 Å². The van der Waals surface area contributed by atoms with Crippen LogP contribution in [-0.2, 0) is 4.79 Å². The van der Waals surface area contributed by atoms with E-state index in [1.807, 2.05) is 24.3 Å². The van der Waals surface area contributed by atoms with Crippen LogP contribution in [0.4, 0.5) is 8.78 Å². The molecule has 0 aromatic heterocycles. The van der Waals surface area contributed by atoms with Gasteiger partial charge in [0.1, 0.15) is 5.75 Å². The summed E-state index contributed by atoms with van der Waals surface area (Å²) < 4.78 is 31.2. The van der Waals surface area contributed by atoms with Gasteiger partial charge in [-0.3, -0.25) is 9.69 Å². The third-order valence-corrected chi connectivity index (χ3v) is 4.21. The fourth-order valence-electron chi connectivity index (χ4n) is 2.50. The molecule has 1 amide bonds. The second-order valence-corrected chi connectivity index (χ2v) is 6.40. The standard InChI is InChI=1S/C16H21BrF2N2O2/c17-13-3-1-4-14(11-13)23-10-2-5-16(22)21-8-6-20(7-9-21)12-15(18)19/h1,3-4,11,15H,2,5-10,12H2. The van der Waals surface area contributed by atoms with Gasteiger partial charge in [-0.1, -0.05) is 22.0 Å². The molecule has 4 nitrogen and oxygen atoms in total. The maximum atomic E-state index is 12.3. The molecule has 1 aromatic rings. The Labute approximate surface area is 143 Å². The number of alkyl halides is 2. The molecular weight excluding hydrogens is 370 g/mol. The smallest absolute Gasteiger partial charge is 0.251 e. The van der Waals surface area contributed by atoms with Crippen LogP contribution in [0.2, 0.25) is 0 Å². The number of hydrogen-bond acceptors (Lipinski definition) is 3. The molecular formula is C16H21BrF2N2O2. The summed E-state index contributed by atoms with van der Waals surface area (Å²) in [6.07, 6.45) is -1.25. The van der Waals surface area contributed by atoms with Crippen molar-refractivity contribution >= 4 is 21.8 Å². The Hall–Kier alpha value is -1.21. The summed E-state index contributed by atoms with van der Waals surface area (Å²) in [5, 5.41) is 0. The van der Waals surface area contributed by atoms with E-state index >= 15 is 0 Å². The van der Waals surface area contributed by atoms with E-state index in [0.717, 1.165) is 10.2 Å². The van der Waals surface area contributed by atoms with Gasteiger partial charge in [0.05, 0.1) is 13.2 Å². The second kappa shape index (κ2) is 9.17. The van der Waals surface area contributed by atoms with Gasteiger partial charge in [-0.15, -0.1) is 0 Å². The molecule has 1 heterocycles. The Kier molecular flexibility index (Phi) is 7.23. The van der Waals surface area contributed by atoms with Gasteiger partial charge in [0.25, 0.3) is 6.43 Å². The lowest BCUT2D eigenvalue weighted by atomic mass is 10.2. The highest BCUT2D eigenvalue weighted by Crippen LogP contribution is 2.18. The van der Waals surface area contributed by atoms with E-state index in [-0.39, 0.29) is 12.5 Å². The van der Waals surface area contributed by atoms with Gasteiger partial charge in [0.2, 0.25) is 5.91 Å². The normalized spacial score (nSPS) is 15.9. The monoisotopic (exact) mass is 390 g/mol. The number of carbonyl (C=O) groups excluding carboxylic acids is 1. The van der Waals surface area contributed by atoms with Crippen molar-refractivity contribution in [3.05, 3.63) is 28.7 Å². The molecule has 1 saturated heterocycles. The summed E-state index contributed by atoms with van der Waals surface area (Å²) in [6, 6.07) is 7.56. The molecule has 0 N–H and O–H groups in total. The molecule has 1 fully saturated rings. The van der Waals surface area contributed by atoms with Crippen LogP contribution in [0.3, 0.4) is 0 Å². The zero-order valence-electron chi connectivity index (χ0n) is 12.9. The van der Waals surface area contributed by atoms with Crippen LogP contribution in [0.15, 0.2) is 28.7 Å². The van der Waals surface area contributed by atoms with Gasteiger partial charge >= 0.3 is 0 Å². The molecule has 1 aliphatic heterocycles. The van der Waals surface area contributed by atoms with Crippen LogP contribution in [0.25, 0.3) is 0 Å². The molecule has 0 atom stereocenters. The van der Waals surface area contributed by atoms with E-state index in [9.17, 15) is 13.6 Å². The van der Waals surface area contributed by atoms with Gasteiger partial charge in [-0.05, 0) is 24.6 Å². The third kappa shape index (κ3) is 6.43. The van der Waals surface area contributed by atoms with E-state index in [0.29, 0.717) is 45.6 Å². The average molecular weight is 391 g/mol. The van der Waals surface area contributed by atoms with Crippen LogP contribution in [0, 0.1) is 0 Å². The van der Waals surface area contributed by atoms with E-state index < -0.39 is 6.43 Å². The number of carbonyl (C=O) groups is 1. The van der Waals surface area contributed by atoms with E-state index in [4.69, 9.17) is 4.74 Å². The van der Waals surface area contributed by atoms with Gasteiger partial charge in [-0.2, -0.15) is 0 Å². The summed E-state index contributed by atoms with van der Waals surface area (Å²) in [5.74, 6) is 0.840. The van der Waals surface area contributed by atoms with Crippen molar-refractivity contribution in [1.82, 2.24) is 9.80 Å². The minimum absolute atomic E-state index is 0.0690. The number of ether oxygens (including phenoxy) is 1. The molecule has 2 rings (SSSR count). The first-order valence-corrected chi connectivity index (χ1v) is 8.50. The summed E-state index contributed by atoms with van der Waals surface area (Å²) in [5.41, 5.74) is 0. The Morgan fingerprint density at radius 1 is 1.26 bits per heavy atom. The number of rotatable bonds is 7. The molecule has 23 heavy (non-hydrogen) atoms. The van der Waals surface area contributed by atoms with Crippen molar-refractivity contribution in [3.8, 4) is 5.75 Å². The number of hydrogen-bond donors (Lipinski definition) is 0. The Morgan fingerprint density at radius 2 is 2.00 bits per heavy atom. The number of piperazine rings is 1. The van der Waals surface area contributed by atoms with Crippen molar-refractivity contribution in [2.75, 3.05) is 39.3 Å². The third-order valence-electron chi connectivity index (χ3n) is 3.72. The van der Waals surface area contributed by atoms with Gasteiger partial charge in [0.15, 0.2) is 0 Å². The lowest BCUT2D eigenvalue weighted by molar-refractivity contribution is -0.133. The first-order chi connectivity index (χ1) is 11.0. The average Bonchev–Trinajstić information content (AvgIpc) is 2.51. The van der Waals surface area contributed by atoms with E-state index in [1.54, 1.807) is 9.80 Å². The quantitative estimate of drug-likeness (QED) is 0.670. The molecule has 0 radical (unpaired) electrons. The first-order valence-electron chi connectivity index (χ1n) is 7.71. The predicted octanol–water partition coefficient (Wildman–Crippen LogP) is 3.02. The number of nitrogens with zero attached hydrogens (tertiary/aromatic N) is 2. The minimum Gasteiger partial charge on any atom is -0.494 e. The highest BCUT2D eigenvalue weighted by molar-refractivity contribution is 9.10. The van der Waals surface area contributed by atoms with Gasteiger partial charge < -0.3 is 9.64 Å². The summed E-state index contributed by atoms with van der Waals surface area (Å²) in [4.78, 5) is 15.5. The Bertz CT molecular complexity index is 509. The van der Waals surface area contributed by atoms with Crippen molar-refractivity contribution in [3.63, 3.8) is 0 Å². The zero-order valence-corrected chi connectivity index (χ0v) is 14.5. The zero-order chi connectivity index (χ0) is 16.7. The number of halogens is 3. The fourth-order valence-corrected chi connectivity index (χ4v) is 2.88. The molecule has 128 valence electrons. The fraction of sp³-hybridized carbons (Fsp3) is 0.562. The van der Waals surface area contributed by atoms with Crippen molar-refractivity contribution in [2.45, 2.75) is 19.3 Å². The van der Waals surface area contributed by atoms with Crippen molar-refractivity contribution < 1.29 is 18.3 Å². The largest absolute Gasteiger partial charge is 0.494 e. The van der Waals surface area contributed by atoms with Crippen LogP contribution in [-0.4, -0.2) is 61.5 Å². The highest BCUT2D eigenvalue weighted by Gasteiger charge is 2.22. The molecule has 1 aliphatic rings. The topological polar surface area (TPSA) is 32.8 Å². The lowest BCUT2D eigenvalue weighted by Gasteiger charge is -2.34. The molecule has 0 saturated carbocycles. The van der Waals surface area contributed by atoms with Gasteiger partial charge in [0, 0.05) is 37.1 Å². The van der Waals surface area contributed by atoms with Crippen molar-refractivity contribution in [1.29, 1.82) is 0 Å². The SMILES string of the molecule is O=C(CCCOc1cccc(Br)c1)N1CCN(CC(F)F)CC1. The molecule has 1 aromatic carbocycles. The van der Waals surface area contributed by atoms with E-state index in [2.05, 4.69) is 15.9 Å². The van der Waals surface area contributed by atoms with E-state index in [1.165, 1.54) is 0 Å². The maximum Gasteiger partial charge on any atom is 0.251 e. The van der Waals surface area contributed by atoms with Gasteiger partial charge in [-0.25, -0.2) is 8.78 Å². The second-order valence-electron chi connectivity index (χ2n) is 5.48. The van der Waals surface area contributed by atoms with Crippen LogP contribution < -0.4 is 4.74 Å². The highest BCUT2D eigenvalue weighted by atomic mass is 79.9. The molecule has 0 unspecified atom stereocenters. The Balaban J connectivity index is 1.62. The molecule has 0 bridgehead atoms. The first kappa shape index (κ1) is 18.1. The van der Waals surface area contributed by atoms with Crippen LogP contribution in [0.1, 0.15) is 12.8 Å². The summed E-state index contributed by atoms with van der Waals surface area (Å²) in [6.45, 7) is 2.36. The summed E-state index contributed by atoms with van der Waals surface area (Å²) in [7, 11) is 0. The lowest BCUT2D eigenvalue weighted by Crippen LogP contribution is -2.49.